The van der Waals surface area contributed by atoms with Crippen molar-refractivity contribution in [1.82, 2.24) is 9.97 Å². The average Bonchev–Trinajstić information content (AvgIpc) is 2.87. The third kappa shape index (κ3) is 4.31. The molecule has 1 aliphatic heterocycles. The smallest absolute Gasteiger partial charge is 0.254 e. The van der Waals surface area contributed by atoms with E-state index >= 15 is 0 Å². The Balaban J connectivity index is 1.79. The van der Waals surface area contributed by atoms with Crippen LogP contribution in [0.5, 0.6) is 5.75 Å². The number of aliphatic hydroxyl groups excluding tert-OH is 1. The molecule has 0 saturated heterocycles. The summed E-state index contributed by atoms with van der Waals surface area (Å²) in [6.07, 6.45) is 2.85. The number of amides is 1. The van der Waals surface area contributed by atoms with Gasteiger partial charge in [0.1, 0.15) is 11.6 Å². The zero-order chi connectivity index (χ0) is 18.4. The summed E-state index contributed by atoms with van der Waals surface area (Å²) in [5.74, 6) is 0.856. The summed E-state index contributed by atoms with van der Waals surface area (Å²) in [6.45, 7) is 2.04. The van der Waals surface area contributed by atoms with Crippen LogP contribution in [0.3, 0.4) is 0 Å². The van der Waals surface area contributed by atoms with Crippen molar-refractivity contribution in [3.63, 3.8) is 0 Å². The van der Waals surface area contributed by atoms with Gasteiger partial charge in [-0.3, -0.25) is 4.79 Å². The minimum absolute atomic E-state index is 0.0410. The number of hydrogen-bond donors (Lipinski definition) is 5. The Bertz CT molecular complexity index is 783. The van der Waals surface area contributed by atoms with Gasteiger partial charge in [0.15, 0.2) is 0 Å². The lowest BCUT2D eigenvalue weighted by molar-refractivity contribution is 0.100. The summed E-state index contributed by atoms with van der Waals surface area (Å²) in [7, 11) is 0. The highest BCUT2D eigenvalue weighted by molar-refractivity contribution is 5.97. The number of benzene rings is 1. The zero-order valence-electron chi connectivity index (χ0n) is 14.3. The molecule has 0 saturated carbocycles. The Morgan fingerprint density at radius 1 is 1.42 bits per heavy atom. The second-order valence-corrected chi connectivity index (χ2v) is 5.79. The van der Waals surface area contributed by atoms with Gasteiger partial charge in [-0.1, -0.05) is 0 Å². The molecule has 2 aromatic rings. The first-order valence-electron chi connectivity index (χ1n) is 8.46. The first-order chi connectivity index (χ1) is 12.7. The monoisotopic (exact) mass is 358 g/mol. The summed E-state index contributed by atoms with van der Waals surface area (Å²) in [4.78, 5) is 20.0. The van der Waals surface area contributed by atoms with Gasteiger partial charge in [0.25, 0.3) is 5.91 Å². The molecule has 3 rings (SSSR count). The Morgan fingerprint density at radius 3 is 3.12 bits per heavy atom. The summed E-state index contributed by atoms with van der Waals surface area (Å²) < 4.78 is 5.67. The molecular weight excluding hydrogens is 336 g/mol. The van der Waals surface area contributed by atoms with E-state index in [1.54, 1.807) is 0 Å². The maximum atomic E-state index is 11.5. The number of nitrogens with two attached hydrogens (primary N) is 1. The topological polar surface area (TPSA) is 134 Å². The van der Waals surface area contributed by atoms with Crippen molar-refractivity contribution < 1.29 is 14.6 Å². The Morgan fingerprint density at radius 2 is 2.31 bits per heavy atom. The molecule has 0 atom stereocenters. The Kier molecular flexibility index (Phi) is 5.69. The van der Waals surface area contributed by atoms with Crippen LogP contribution in [0.2, 0.25) is 0 Å². The van der Waals surface area contributed by atoms with Crippen LogP contribution in [0.1, 0.15) is 23.2 Å². The molecule has 9 nitrogen and oxygen atoms in total. The minimum atomic E-state index is -0.616. The molecular formula is C17H22N6O3. The fourth-order valence-corrected chi connectivity index (χ4v) is 2.52. The number of ether oxygens (including phenoxy) is 1. The van der Waals surface area contributed by atoms with Gasteiger partial charge in [0.2, 0.25) is 5.95 Å². The highest BCUT2D eigenvalue weighted by Crippen LogP contribution is 2.30. The van der Waals surface area contributed by atoms with E-state index in [0.29, 0.717) is 31.3 Å². The molecule has 1 amide bonds. The quantitative estimate of drug-likeness (QED) is 0.468. The van der Waals surface area contributed by atoms with Crippen molar-refractivity contribution in [2.75, 3.05) is 42.3 Å². The normalized spacial score (nSPS) is 13.0. The predicted molar refractivity (Wildman–Crippen MR) is 99.1 cm³/mol. The lowest BCUT2D eigenvalue weighted by atomic mass is 10.2. The van der Waals surface area contributed by atoms with E-state index in [1.807, 2.05) is 18.2 Å². The van der Waals surface area contributed by atoms with Crippen LogP contribution in [0.25, 0.3) is 0 Å². The molecule has 0 fully saturated rings. The number of carbonyl (C=O) groups is 1. The van der Waals surface area contributed by atoms with Crippen LogP contribution in [0.15, 0.2) is 24.4 Å². The molecule has 1 aromatic heterocycles. The number of nitrogens with zero attached hydrogens (tertiary/aromatic N) is 2. The van der Waals surface area contributed by atoms with Crippen LogP contribution >= 0.6 is 0 Å². The number of primary amides is 1. The molecule has 0 spiro atoms. The average molecular weight is 358 g/mol. The van der Waals surface area contributed by atoms with Crippen LogP contribution in [0, 0.1) is 0 Å². The highest BCUT2D eigenvalue weighted by atomic mass is 16.5. The van der Waals surface area contributed by atoms with Crippen molar-refractivity contribution in [1.29, 1.82) is 0 Å². The van der Waals surface area contributed by atoms with E-state index in [1.165, 1.54) is 6.20 Å². The van der Waals surface area contributed by atoms with E-state index in [-0.39, 0.29) is 12.2 Å². The van der Waals surface area contributed by atoms with Crippen LogP contribution in [0.4, 0.5) is 23.1 Å². The summed E-state index contributed by atoms with van der Waals surface area (Å²) in [5, 5.41) is 18.3. The van der Waals surface area contributed by atoms with Gasteiger partial charge in [-0.25, -0.2) is 4.98 Å². The van der Waals surface area contributed by atoms with Gasteiger partial charge in [-0.2, -0.15) is 4.98 Å². The molecule has 0 bridgehead atoms. The largest absolute Gasteiger partial charge is 0.491 e. The van der Waals surface area contributed by atoms with E-state index in [9.17, 15) is 4.79 Å². The molecule has 9 heteroatoms. The third-order valence-corrected chi connectivity index (χ3v) is 3.81. The molecule has 2 heterocycles. The maximum Gasteiger partial charge on any atom is 0.254 e. The number of aromatic nitrogens is 2. The second kappa shape index (κ2) is 8.34. The van der Waals surface area contributed by atoms with Crippen molar-refractivity contribution in [3.05, 3.63) is 30.0 Å². The lowest BCUT2D eigenvalue weighted by Gasteiger charge is -2.13. The van der Waals surface area contributed by atoms with Crippen molar-refractivity contribution >= 4 is 29.0 Å². The number of hydrogen-bond acceptors (Lipinski definition) is 8. The van der Waals surface area contributed by atoms with E-state index < -0.39 is 5.91 Å². The number of nitrogens with one attached hydrogen (secondary N) is 3. The number of carbonyl (C=O) groups excluding carboxylic acids is 1. The zero-order valence-corrected chi connectivity index (χ0v) is 14.3. The Labute approximate surface area is 151 Å². The fourth-order valence-electron chi connectivity index (χ4n) is 2.52. The first-order valence-corrected chi connectivity index (χ1v) is 8.46. The molecule has 6 N–H and O–H groups in total. The van der Waals surface area contributed by atoms with Gasteiger partial charge in [-0.05, 0) is 31.0 Å². The van der Waals surface area contributed by atoms with Crippen LogP contribution in [-0.2, 0) is 0 Å². The van der Waals surface area contributed by atoms with Crippen molar-refractivity contribution in [3.8, 4) is 5.75 Å². The third-order valence-electron chi connectivity index (χ3n) is 3.81. The molecule has 1 aliphatic rings. The van der Waals surface area contributed by atoms with Crippen LogP contribution in [-0.4, -0.2) is 47.3 Å². The molecule has 0 aliphatic carbocycles. The van der Waals surface area contributed by atoms with Crippen molar-refractivity contribution in [2.45, 2.75) is 12.8 Å². The Hall–Kier alpha value is -3.07. The summed E-state index contributed by atoms with van der Waals surface area (Å²) in [6, 6.07) is 5.68. The highest BCUT2D eigenvalue weighted by Gasteiger charge is 2.13. The standard InChI is InChI=1S/C17H22N6O3/c18-15(25)12-10-21-17(23-16(12)20-5-1-7-24)22-11-3-4-14-13(9-11)19-6-2-8-26-14/h3-4,9-10,19,24H,1-2,5-8H2,(H2,18,25)(H2,20,21,22,23). The molecule has 0 unspecified atom stereocenters. The summed E-state index contributed by atoms with van der Waals surface area (Å²) >= 11 is 0. The first kappa shape index (κ1) is 17.7. The molecule has 0 radical (unpaired) electrons. The van der Waals surface area contributed by atoms with Gasteiger partial charge >= 0.3 is 0 Å². The van der Waals surface area contributed by atoms with Gasteiger partial charge < -0.3 is 31.5 Å². The molecule has 138 valence electrons. The number of aliphatic hydroxyl groups is 1. The second-order valence-electron chi connectivity index (χ2n) is 5.79. The number of rotatable bonds is 7. The minimum Gasteiger partial charge on any atom is -0.491 e. The van der Waals surface area contributed by atoms with Crippen LogP contribution < -0.4 is 26.4 Å². The van der Waals surface area contributed by atoms with E-state index in [0.717, 1.165) is 30.1 Å². The van der Waals surface area contributed by atoms with Gasteiger partial charge in [-0.15, -0.1) is 0 Å². The van der Waals surface area contributed by atoms with E-state index in [4.69, 9.17) is 15.6 Å². The predicted octanol–water partition coefficient (Wildman–Crippen LogP) is 1.31. The SMILES string of the molecule is NC(=O)c1cnc(Nc2ccc3c(c2)NCCCO3)nc1NCCCO. The van der Waals surface area contributed by atoms with Gasteiger partial charge in [0.05, 0.1) is 17.9 Å². The number of fused-ring (bicyclic) bond motifs is 1. The fraction of sp³-hybridized carbons (Fsp3) is 0.353. The molecule has 26 heavy (non-hydrogen) atoms. The van der Waals surface area contributed by atoms with E-state index in [2.05, 4.69) is 25.9 Å². The van der Waals surface area contributed by atoms with Gasteiger partial charge in [0, 0.05) is 31.6 Å². The molecule has 1 aromatic carbocycles. The number of anilines is 4. The maximum absolute atomic E-state index is 11.5. The lowest BCUT2D eigenvalue weighted by Crippen LogP contribution is -2.17. The summed E-state index contributed by atoms with van der Waals surface area (Å²) in [5.41, 5.74) is 7.25. The van der Waals surface area contributed by atoms with Crippen molar-refractivity contribution in [2.24, 2.45) is 5.73 Å².